The zero-order valence-corrected chi connectivity index (χ0v) is 15.9. The molecule has 2 heterocycles. The molecule has 1 amide bonds. The van der Waals surface area contributed by atoms with Crippen LogP contribution in [0.5, 0.6) is 0 Å². The molecular formula is C21H19ClN4O. The van der Waals surface area contributed by atoms with Crippen molar-refractivity contribution in [1.82, 2.24) is 14.3 Å². The van der Waals surface area contributed by atoms with Gasteiger partial charge in [0.25, 0.3) is 5.91 Å². The molecule has 1 N–H and O–H groups in total. The third kappa shape index (κ3) is 3.46. The lowest BCUT2D eigenvalue weighted by Crippen LogP contribution is -2.15. The molecule has 0 aliphatic carbocycles. The maximum atomic E-state index is 12.7. The van der Waals surface area contributed by atoms with Crippen LogP contribution in [0.25, 0.3) is 10.9 Å². The van der Waals surface area contributed by atoms with Gasteiger partial charge in [-0.15, -0.1) is 0 Å². The molecule has 0 radical (unpaired) electrons. The molecule has 0 saturated heterocycles. The first-order chi connectivity index (χ1) is 13.0. The molecule has 0 bridgehead atoms. The number of carbonyl (C=O) groups is 1. The van der Waals surface area contributed by atoms with Gasteiger partial charge in [-0.2, -0.15) is 5.10 Å². The topological polar surface area (TPSA) is 51.9 Å². The number of aromatic nitrogens is 3. The summed E-state index contributed by atoms with van der Waals surface area (Å²) in [6.07, 6.45) is 3.50. The Labute approximate surface area is 162 Å². The summed E-state index contributed by atoms with van der Waals surface area (Å²) < 4.78 is 3.66. The van der Waals surface area contributed by atoms with Crippen LogP contribution in [0.4, 0.5) is 5.69 Å². The quantitative estimate of drug-likeness (QED) is 0.562. The van der Waals surface area contributed by atoms with Gasteiger partial charge in [0.15, 0.2) is 0 Å². The Hall–Kier alpha value is -3.05. The first kappa shape index (κ1) is 17.4. The number of aryl methyl sites for hydroxylation is 2. The van der Waals surface area contributed by atoms with Gasteiger partial charge in [-0.1, -0.05) is 41.9 Å². The molecule has 136 valence electrons. The van der Waals surface area contributed by atoms with Crippen molar-refractivity contribution in [1.29, 1.82) is 0 Å². The van der Waals surface area contributed by atoms with Gasteiger partial charge in [-0.3, -0.25) is 9.48 Å². The van der Waals surface area contributed by atoms with E-state index in [1.807, 2.05) is 58.9 Å². The molecule has 0 unspecified atom stereocenters. The van der Waals surface area contributed by atoms with Crippen molar-refractivity contribution in [3.8, 4) is 0 Å². The van der Waals surface area contributed by atoms with Crippen molar-refractivity contribution in [2.45, 2.75) is 13.5 Å². The van der Waals surface area contributed by atoms with Crippen LogP contribution >= 0.6 is 11.6 Å². The average molecular weight is 379 g/mol. The minimum Gasteiger partial charge on any atom is -0.340 e. The number of rotatable bonds is 4. The Morgan fingerprint density at radius 2 is 2.00 bits per heavy atom. The van der Waals surface area contributed by atoms with Crippen LogP contribution in [0.2, 0.25) is 5.02 Å². The second-order valence-corrected chi connectivity index (χ2v) is 7.04. The fourth-order valence-electron chi connectivity index (χ4n) is 3.19. The molecule has 6 heteroatoms. The van der Waals surface area contributed by atoms with Crippen molar-refractivity contribution < 1.29 is 4.79 Å². The van der Waals surface area contributed by atoms with E-state index in [0.29, 0.717) is 22.9 Å². The van der Waals surface area contributed by atoms with E-state index < -0.39 is 0 Å². The zero-order chi connectivity index (χ0) is 19.0. The first-order valence-electron chi connectivity index (χ1n) is 8.64. The highest BCUT2D eigenvalue weighted by Crippen LogP contribution is 2.23. The molecule has 0 aliphatic heterocycles. The van der Waals surface area contributed by atoms with Crippen molar-refractivity contribution in [2.24, 2.45) is 7.05 Å². The normalized spacial score (nSPS) is 11.1. The van der Waals surface area contributed by atoms with Gasteiger partial charge in [-0.25, -0.2) is 0 Å². The van der Waals surface area contributed by atoms with E-state index >= 15 is 0 Å². The summed E-state index contributed by atoms with van der Waals surface area (Å²) in [6.45, 7) is 2.74. The van der Waals surface area contributed by atoms with Crippen LogP contribution in [-0.2, 0) is 13.6 Å². The molecule has 0 atom stereocenters. The van der Waals surface area contributed by atoms with Crippen LogP contribution in [0.15, 0.2) is 60.9 Å². The van der Waals surface area contributed by atoms with Crippen molar-refractivity contribution in [2.75, 3.05) is 5.32 Å². The molecule has 0 spiro atoms. The number of halogens is 1. The smallest absolute Gasteiger partial charge is 0.272 e. The van der Waals surface area contributed by atoms with Gasteiger partial charge in [-0.05, 0) is 36.2 Å². The Balaban J connectivity index is 1.53. The van der Waals surface area contributed by atoms with Gasteiger partial charge in [0.2, 0.25) is 0 Å². The van der Waals surface area contributed by atoms with E-state index in [-0.39, 0.29) is 5.91 Å². The minimum atomic E-state index is -0.180. The molecule has 4 aromatic rings. The summed E-state index contributed by atoms with van der Waals surface area (Å²) >= 11 is 6.06. The molecule has 4 rings (SSSR count). The number of nitrogens with one attached hydrogen (secondary N) is 1. The van der Waals surface area contributed by atoms with Gasteiger partial charge >= 0.3 is 0 Å². The number of carbonyl (C=O) groups excluding carboxylic acids is 1. The molecule has 2 aromatic heterocycles. The zero-order valence-electron chi connectivity index (χ0n) is 15.1. The number of nitrogens with zero attached hydrogens (tertiary/aromatic N) is 3. The molecule has 5 nitrogen and oxygen atoms in total. The van der Waals surface area contributed by atoms with E-state index in [2.05, 4.69) is 29.5 Å². The molecular weight excluding hydrogens is 360 g/mol. The largest absolute Gasteiger partial charge is 0.340 e. The number of anilines is 1. The monoisotopic (exact) mass is 378 g/mol. The predicted molar refractivity (Wildman–Crippen MR) is 108 cm³/mol. The van der Waals surface area contributed by atoms with Crippen LogP contribution in [0.1, 0.15) is 21.6 Å². The average Bonchev–Trinajstić information content (AvgIpc) is 3.21. The van der Waals surface area contributed by atoms with Crippen molar-refractivity contribution >= 4 is 34.1 Å². The molecule has 0 saturated carbocycles. The Bertz CT molecular complexity index is 1140. The third-order valence-electron chi connectivity index (χ3n) is 4.72. The summed E-state index contributed by atoms with van der Waals surface area (Å²) in [5.41, 5.74) is 4.57. The second kappa shape index (κ2) is 6.93. The third-order valence-corrected chi connectivity index (χ3v) is 4.96. The number of hydrogen-bond acceptors (Lipinski definition) is 2. The molecule has 2 aromatic carbocycles. The summed E-state index contributed by atoms with van der Waals surface area (Å²) in [5.74, 6) is -0.180. The van der Waals surface area contributed by atoms with Gasteiger partial charge in [0.1, 0.15) is 5.69 Å². The van der Waals surface area contributed by atoms with Crippen molar-refractivity contribution in [3.05, 3.63) is 82.8 Å². The fourth-order valence-corrected chi connectivity index (χ4v) is 3.36. The first-order valence-corrected chi connectivity index (χ1v) is 9.02. The Morgan fingerprint density at radius 1 is 1.19 bits per heavy atom. The number of hydrogen-bond donors (Lipinski definition) is 1. The fraction of sp³-hybridized carbons (Fsp3) is 0.143. The Morgan fingerprint density at radius 3 is 2.81 bits per heavy atom. The maximum absolute atomic E-state index is 12.7. The Kier molecular flexibility index (Phi) is 4.46. The maximum Gasteiger partial charge on any atom is 0.272 e. The standard InChI is InChI=1S/C21H19ClN4O/c1-14-5-3-4-6-16(14)12-26-13-18(11-23-26)24-21(27)20-9-15-7-8-17(22)10-19(15)25(20)2/h3-11,13H,12H2,1-2H3,(H,24,27). The number of benzene rings is 2. The summed E-state index contributed by atoms with van der Waals surface area (Å²) in [6, 6.07) is 15.6. The molecule has 0 fully saturated rings. The van der Waals surface area contributed by atoms with Crippen LogP contribution < -0.4 is 5.32 Å². The van der Waals surface area contributed by atoms with E-state index in [1.54, 1.807) is 6.20 Å². The van der Waals surface area contributed by atoms with Gasteiger partial charge in [0, 0.05) is 29.2 Å². The van der Waals surface area contributed by atoms with E-state index in [9.17, 15) is 4.79 Å². The summed E-state index contributed by atoms with van der Waals surface area (Å²) in [7, 11) is 1.86. The highest BCUT2D eigenvalue weighted by atomic mass is 35.5. The highest BCUT2D eigenvalue weighted by molar-refractivity contribution is 6.31. The predicted octanol–water partition coefficient (Wildman–Crippen LogP) is 4.64. The van der Waals surface area contributed by atoms with Gasteiger partial charge < -0.3 is 9.88 Å². The SMILES string of the molecule is Cc1ccccc1Cn1cc(NC(=O)c2cc3ccc(Cl)cc3n2C)cn1. The van der Waals surface area contributed by atoms with E-state index in [1.165, 1.54) is 11.1 Å². The summed E-state index contributed by atoms with van der Waals surface area (Å²) in [4.78, 5) is 12.7. The molecule has 27 heavy (non-hydrogen) atoms. The van der Waals surface area contributed by atoms with E-state index in [4.69, 9.17) is 11.6 Å². The van der Waals surface area contributed by atoms with Gasteiger partial charge in [0.05, 0.1) is 18.4 Å². The minimum absolute atomic E-state index is 0.180. The van der Waals surface area contributed by atoms with Crippen LogP contribution in [-0.4, -0.2) is 20.3 Å². The molecule has 0 aliphatic rings. The van der Waals surface area contributed by atoms with Crippen molar-refractivity contribution in [3.63, 3.8) is 0 Å². The lowest BCUT2D eigenvalue weighted by atomic mass is 10.1. The lowest BCUT2D eigenvalue weighted by Gasteiger charge is -2.06. The number of amides is 1. The highest BCUT2D eigenvalue weighted by Gasteiger charge is 2.14. The number of fused-ring (bicyclic) bond motifs is 1. The second-order valence-electron chi connectivity index (χ2n) is 6.60. The van der Waals surface area contributed by atoms with Crippen LogP contribution in [0, 0.1) is 6.92 Å². The van der Waals surface area contributed by atoms with Crippen LogP contribution in [0.3, 0.4) is 0 Å². The van der Waals surface area contributed by atoms with E-state index in [0.717, 1.165) is 10.9 Å². The summed E-state index contributed by atoms with van der Waals surface area (Å²) in [5, 5.41) is 8.89. The lowest BCUT2D eigenvalue weighted by molar-refractivity contribution is 0.101.